The average Bonchev–Trinajstić information content (AvgIpc) is 2.65. The number of benzene rings is 1. The fourth-order valence-electron chi connectivity index (χ4n) is 5.82. The van der Waals surface area contributed by atoms with Crippen molar-refractivity contribution in [3.05, 3.63) is 35.9 Å². The van der Waals surface area contributed by atoms with Crippen LogP contribution in [0.3, 0.4) is 0 Å². The van der Waals surface area contributed by atoms with Crippen LogP contribution >= 0.6 is 0 Å². The van der Waals surface area contributed by atoms with Crippen molar-refractivity contribution in [2.24, 2.45) is 29.6 Å². The number of Topliss-reactive ketones (excluding diaryl/α,β-unsaturated/α-hetero) is 2. The Bertz CT molecular complexity index is 668. The van der Waals surface area contributed by atoms with Crippen molar-refractivity contribution in [2.45, 2.75) is 51.6 Å². The van der Waals surface area contributed by atoms with Crippen LogP contribution < -0.4 is 0 Å². The van der Waals surface area contributed by atoms with Crippen LogP contribution in [0.5, 0.6) is 0 Å². The number of rotatable bonds is 7. The molecule has 0 radical (unpaired) electrons. The van der Waals surface area contributed by atoms with Gasteiger partial charge in [0.05, 0.1) is 0 Å². The normalized spacial score (nSPS) is 30.4. The molecule has 5 rings (SSSR count). The van der Waals surface area contributed by atoms with Gasteiger partial charge in [0.1, 0.15) is 6.61 Å². The minimum Gasteiger partial charge on any atom is -0.455 e. The summed E-state index contributed by atoms with van der Waals surface area (Å²) < 4.78 is 4.99. The predicted molar refractivity (Wildman–Crippen MR) is 99.6 cm³/mol. The van der Waals surface area contributed by atoms with Crippen molar-refractivity contribution < 1.29 is 24.6 Å². The second-order valence-electron chi connectivity index (χ2n) is 8.45. The van der Waals surface area contributed by atoms with Crippen LogP contribution in [0.25, 0.3) is 0 Å². The lowest BCUT2D eigenvalue weighted by atomic mass is 9.51. The van der Waals surface area contributed by atoms with Gasteiger partial charge in [-0.1, -0.05) is 30.3 Å². The summed E-state index contributed by atoms with van der Waals surface area (Å²) in [5.74, 6) is 1.24. The summed E-state index contributed by atoms with van der Waals surface area (Å²) in [7, 11) is 0. The van der Waals surface area contributed by atoms with Crippen molar-refractivity contribution in [1.82, 2.24) is 0 Å². The van der Waals surface area contributed by atoms with E-state index < -0.39 is 17.5 Å². The molecule has 1 aromatic carbocycles. The highest BCUT2D eigenvalue weighted by molar-refractivity contribution is 6.62. The lowest BCUT2D eigenvalue weighted by Crippen LogP contribution is -2.45. The molecule has 0 spiro atoms. The third-order valence-corrected chi connectivity index (χ3v) is 6.78. The van der Waals surface area contributed by atoms with Gasteiger partial charge in [-0.25, -0.2) is 4.79 Å². The van der Waals surface area contributed by atoms with Crippen LogP contribution in [-0.2, 0) is 25.7 Å². The Labute approximate surface area is 159 Å². The van der Waals surface area contributed by atoms with Crippen molar-refractivity contribution in [1.29, 1.82) is 0 Å². The summed E-state index contributed by atoms with van der Waals surface area (Å²) in [5.41, 5.74) is 0.801. The molecule has 1 aromatic rings. The van der Waals surface area contributed by atoms with Crippen LogP contribution in [-0.4, -0.2) is 23.0 Å². The maximum Gasteiger partial charge on any atom is 0.383 e. The van der Waals surface area contributed by atoms with Gasteiger partial charge in [0.25, 0.3) is 0 Å². The molecule has 0 amide bonds. The first-order chi connectivity index (χ1) is 12.6. The van der Waals surface area contributed by atoms with Gasteiger partial charge in [-0.15, -0.1) is 0 Å². The van der Waals surface area contributed by atoms with Crippen molar-refractivity contribution >= 4 is 17.5 Å². The van der Waals surface area contributed by atoms with E-state index >= 15 is 0 Å². The largest absolute Gasteiger partial charge is 0.455 e. The minimum atomic E-state index is -1.02. The molecule has 0 saturated heterocycles. The van der Waals surface area contributed by atoms with Crippen LogP contribution in [0.2, 0.25) is 0 Å². The molecule has 4 aliphatic carbocycles. The van der Waals surface area contributed by atoms with E-state index in [-0.39, 0.29) is 18.5 Å². The Balaban J connectivity index is 0.00000210. The third-order valence-electron chi connectivity index (χ3n) is 6.78. The molecule has 5 nitrogen and oxygen atoms in total. The monoisotopic (exact) mass is 372 g/mol. The van der Waals surface area contributed by atoms with E-state index in [1.54, 1.807) is 0 Å². The molecule has 0 heterocycles. The summed E-state index contributed by atoms with van der Waals surface area (Å²) in [6.07, 6.45) is 7.57. The molecule has 4 saturated carbocycles. The zero-order chi connectivity index (χ0) is 18.1. The van der Waals surface area contributed by atoms with E-state index in [0.29, 0.717) is 5.92 Å². The number of ketones is 2. The molecule has 0 unspecified atom stereocenters. The van der Waals surface area contributed by atoms with Crippen LogP contribution in [0.1, 0.15) is 50.5 Å². The maximum atomic E-state index is 12.2. The van der Waals surface area contributed by atoms with Crippen LogP contribution in [0, 0.1) is 29.6 Å². The molecule has 0 aromatic heterocycles. The topological polar surface area (TPSA) is 91.9 Å². The minimum absolute atomic E-state index is 0. The van der Waals surface area contributed by atoms with E-state index in [9.17, 15) is 14.4 Å². The number of carbonyl (C=O) groups is 3. The van der Waals surface area contributed by atoms with E-state index in [0.717, 1.165) is 35.7 Å². The molecule has 4 fully saturated rings. The number of hydrogen-bond donors (Lipinski definition) is 0. The molecule has 4 bridgehead atoms. The van der Waals surface area contributed by atoms with Gasteiger partial charge in [0.2, 0.25) is 5.78 Å². The SMILES string of the molecule is O.O=C(CCC1C2CC3CC(C2)CC1C3)C(=O)C(=O)OCc1ccccc1. The molecular formula is C22H28O5. The highest BCUT2D eigenvalue weighted by atomic mass is 16.5. The molecule has 5 heteroatoms. The first kappa shape index (κ1) is 19.7. The van der Waals surface area contributed by atoms with Gasteiger partial charge in [-0.05, 0) is 73.7 Å². The van der Waals surface area contributed by atoms with E-state index in [2.05, 4.69) is 0 Å². The quantitative estimate of drug-likeness (QED) is 0.418. The lowest BCUT2D eigenvalue weighted by molar-refractivity contribution is -0.157. The average molecular weight is 372 g/mol. The molecule has 27 heavy (non-hydrogen) atoms. The van der Waals surface area contributed by atoms with Crippen molar-refractivity contribution in [2.75, 3.05) is 0 Å². The smallest absolute Gasteiger partial charge is 0.383 e. The van der Waals surface area contributed by atoms with Gasteiger partial charge in [-0.3, -0.25) is 9.59 Å². The van der Waals surface area contributed by atoms with E-state index in [4.69, 9.17) is 4.74 Å². The number of esters is 1. The predicted octanol–water partition coefficient (Wildman–Crippen LogP) is 2.90. The lowest BCUT2D eigenvalue weighted by Gasteiger charge is -2.54. The van der Waals surface area contributed by atoms with Gasteiger partial charge in [-0.2, -0.15) is 0 Å². The van der Waals surface area contributed by atoms with E-state index in [1.807, 2.05) is 30.3 Å². The first-order valence-electron chi connectivity index (χ1n) is 9.88. The zero-order valence-electron chi connectivity index (χ0n) is 15.6. The zero-order valence-corrected chi connectivity index (χ0v) is 15.6. The van der Waals surface area contributed by atoms with Crippen LogP contribution in [0.4, 0.5) is 0 Å². The fourth-order valence-corrected chi connectivity index (χ4v) is 5.82. The highest BCUT2D eigenvalue weighted by Gasteiger charge is 2.47. The summed E-state index contributed by atoms with van der Waals surface area (Å²) in [6.45, 7) is 0.0221. The number of hydrogen-bond acceptors (Lipinski definition) is 4. The first-order valence-corrected chi connectivity index (χ1v) is 9.88. The molecule has 4 aliphatic rings. The fraction of sp³-hybridized carbons (Fsp3) is 0.591. The Morgan fingerprint density at radius 2 is 1.48 bits per heavy atom. The Morgan fingerprint density at radius 1 is 0.889 bits per heavy atom. The second-order valence-corrected chi connectivity index (χ2v) is 8.45. The van der Waals surface area contributed by atoms with Crippen molar-refractivity contribution in [3.63, 3.8) is 0 Å². The van der Waals surface area contributed by atoms with Crippen molar-refractivity contribution in [3.8, 4) is 0 Å². The van der Waals surface area contributed by atoms with E-state index in [1.165, 1.54) is 32.1 Å². The van der Waals surface area contributed by atoms with Gasteiger partial charge in [0.15, 0.2) is 0 Å². The third kappa shape index (κ3) is 4.29. The second kappa shape index (κ2) is 8.34. The summed E-state index contributed by atoms with van der Waals surface area (Å²) in [4.78, 5) is 36.1. The molecule has 0 aliphatic heterocycles. The maximum absolute atomic E-state index is 12.2. The molecule has 2 N–H and O–H groups in total. The van der Waals surface area contributed by atoms with Crippen LogP contribution in [0.15, 0.2) is 30.3 Å². The Hall–Kier alpha value is -2.01. The standard InChI is InChI=1S/C22H26O4.H2O/c23-20(21(24)22(25)26-13-14-4-2-1-3-5-14)7-6-19-17-9-15-8-16(11-17)12-18(19)10-15;/h1-5,15-19H,6-13H2;1H2. The summed E-state index contributed by atoms with van der Waals surface area (Å²) in [6, 6.07) is 9.16. The molecular weight excluding hydrogens is 344 g/mol. The van der Waals surface area contributed by atoms with Gasteiger partial charge >= 0.3 is 11.8 Å². The number of ether oxygens (including phenoxy) is 1. The molecule has 0 atom stereocenters. The van der Waals surface area contributed by atoms with Gasteiger partial charge < -0.3 is 10.2 Å². The molecule has 146 valence electrons. The van der Waals surface area contributed by atoms with Gasteiger partial charge in [0, 0.05) is 6.42 Å². The summed E-state index contributed by atoms with van der Waals surface area (Å²) >= 11 is 0. The Kier molecular flexibility index (Phi) is 6.10. The number of carbonyl (C=O) groups excluding carboxylic acids is 3. The summed E-state index contributed by atoms with van der Waals surface area (Å²) in [5, 5.41) is 0. The highest BCUT2D eigenvalue weighted by Crippen LogP contribution is 2.57. The Morgan fingerprint density at radius 3 is 2.07 bits per heavy atom.